The largest absolute Gasteiger partial charge is 0.370 e. The van der Waals surface area contributed by atoms with Crippen LogP contribution in [0, 0.1) is 0 Å². The van der Waals surface area contributed by atoms with Crippen molar-refractivity contribution in [1.82, 2.24) is 4.98 Å². The molecule has 6 heteroatoms. The van der Waals surface area contributed by atoms with Gasteiger partial charge in [0.05, 0.1) is 11.2 Å². The molecule has 0 aliphatic rings. The third-order valence-electron chi connectivity index (χ3n) is 0.971. The summed E-state index contributed by atoms with van der Waals surface area (Å²) in [5.74, 6) is -0.00185. The Kier molecular flexibility index (Phi) is 2.72. The molecule has 0 spiro atoms. The molecule has 0 aliphatic heterocycles. The third kappa shape index (κ3) is 2.39. The van der Waals surface area contributed by atoms with Gasteiger partial charge in [-0.25, -0.2) is 9.98 Å². The zero-order valence-corrected chi connectivity index (χ0v) is 7.23. The number of nitrogens with zero attached hydrogens (tertiary/aromatic N) is 2. The minimum Gasteiger partial charge on any atom is -0.370 e. The molecule has 1 heterocycles. The predicted octanol–water partition coefficient (Wildman–Crippen LogP) is 0.613. The molecule has 1 aromatic heterocycles. The summed E-state index contributed by atoms with van der Waals surface area (Å²) in [5.41, 5.74) is 12.7. The van der Waals surface area contributed by atoms with Crippen molar-refractivity contribution >= 4 is 29.9 Å². The fraction of sp³-hybridized carbons (Fsp3) is 0.200. The lowest BCUT2D eigenvalue weighted by atomic mass is 10.5. The summed E-state index contributed by atoms with van der Waals surface area (Å²) in [6.45, 7) is 0. The van der Waals surface area contributed by atoms with Crippen LogP contribution in [0.3, 0.4) is 0 Å². The average Bonchev–Trinajstić information content (AvgIpc) is 2.35. The van der Waals surface area contributed by atoms with Gasteiger partial charge in [0.15, 0.2) is 11.3 Å². The van der Waals surface area contributed by atoms with Crippen molar-refractivity contribution < 1.29 is 0 Å². The first-order chi connectivity index (χ1) is 5.20. The Bertz CT molecular complexity index is 239. The van der Waals surface area contributed by atoms with E-state index in [0.29, 0.717) is 0 Å². The van der Waals surface area contributed by atoms with Gasteiger partial charge in [-0.15, -0.1) is 11.3 Å². The van der Waals surface area contributed by atoms with Crippen molar-refractivity contribution in [2.24, 2.45) is 16.5 Å². The van der Waals surface area contributed by atoms with Gasteiger partial charge in [0.25, 0.3) is 0 Å². The van der Waals surface area contributed by atoms with Crippen LogP contribution >= 0.6 is 24.0 Å². The summed E-state index contributed by atoms with van der Waals surface area (Å²) in [6, 6.07) is 0. The van der Waals surface area contributed by atoms with Gasteiger partial charge in [-0.2, -0.15) is 0 Å². The van der Waals surface area contributed by atoms with E-state index < -0.39 is 5.37 Å². The highest BCUT2D eigenvalue weighted by atomic mass is 32.1. The van der Waals surface area contributed by atoms with Crippen molar-refractivity contribution in [2.45, 2.75) is 5.37 Å². The van der Waals surface area contributed by atoms with Crippen molar-refractivity contribution in [2.75, 3.05) is 0 Å². The van der Waals surface area contributed by atoms with E-state index in [1.807, 2.05) is 5.38 Å². The molecule has 11 heavy (non-hydrogen) atoms. The van der Waals surface area contributed by atoms with E-state index in [4.69, 9.17) is 24.1 Å². The lowest BCUT2D eigenvalue weighted by Crippen LogP contribution is -2.23. The number of aromatic nitrogens is 1. The van der Waals surface area contributed by atoms with Crippen molar-refractivity contribution in [1.29, 1.82) is 0 Å². The van der Waals surface area contributed by atoms with Gasteiger partial charge < -0.3 is 11.5 Å². The van der Waals surface area contributed by atoms with E-state index in [-0.39, 0.29) is 5.96 Å². The number of nitrogens with two attached hydrogens (primary N) is 2. The summed E-state index contributed by atoms with van der Waals surface area (Å²) >= 11 is 6.40. The topological polar surface area (TPSA) is 77.3 Å². The molecule has 59 valence electrons. The summed E-state index contributed by atoms with van der Waals surface area (Å²) in [7, 11) is 0. The fourth-order valence-corrected chi connectivity index (χ4v) is 1.45. The maximum Gasteiger partial charge on any atom is 0.187 e. The van der Waals surface area contributed by atoms with Crippen LogP contribution in [0.25, 0.3) is 0 Å². The normalized spacial score (nSPS) is 12.5. The Labute approximate surface area is 73.8 Å². The third-order valence-corrected chi connectivity index (χ3v) is 1.92. The minimum absolute atomic E-state index is 0.00185. The van der Waals surface area contributed by atoms with Crippen molar-refractivity contribution in [3.63, 3.8) is 0 Å². The molecule has 1 aromatic rings. The molecule has 0 amide bonds. The van der Waals surface area contributed by atoms with Gasteiger partial charge in [0.2, 0.25) is 0 Å². The molecule has 1 atom stereocenters. The van der Waals surface area contributed by atoms with Crippen LogP contribution in [0.4, 0.5) is 0 Å². The van der Waals surface area contributed by atoms with Crippen molar-refractivity contribution in [3.05, 3.63) is 16.6 Å². The highest BCUT2D eigenvalue weighted by Gasteiger charge is 2.06. The Hall–Kier alpha value is -0.750. The molecule has 0 aromatic carbocycles. The number of hydrogen-bond donors (Lipinski definition) is 2. The highest BCUT2D eigenvalue weighted by Crippen LogP contribution is 2.19. The summed E-state index contributed by atoms with van der Waals surface area (Å²) in [6.07, 6.45) is 0. The van der Waals surface area contributed by atoms with Crippen LogP contribution in [-0.2, 0) is 0 Å². The summed E-state index contributed by atoms with van der Waals surface area (Å²) in [4.78, 5) is 7.72. The SMILES string of the molecule is NC(N)=NC([S])c1cscn1. The van der Waals surface area contributed by atoms with E-state index in [1.54, 1.807) is 5.51 Å². The lowest BCUT2D eigenvalue weighted by Gasteiger charge is -1.98. The molecule has 4 nitrogen and oxygen atoms in total. The van der Waals surface area contributed by atoms with Gasteiger partial charge in [0.1, 0.15) is 0 Å². The smallest absolute Gasteiger partial charge is 0.187 e. The molecule has 0 saturated carbocycles. The van der Waals surface area contributed by atoms with Gasteiger partial charge in [-0.3, -0.25) is 0 Å². The van der Waals surface area contributed by atoms with Gasteiger partial charge >= 0.3 is 0 Å². The van der Waals surface area contributed by atoms with Crippen LogP contribution in [-0.4, -0.2) is 10.9 Å². The van der Waals surface area contributed by atoms with E-state index in [1.165, 1.54) is 11.3 Å². The predicted molar refractivity (Wildman–Crippen MR) is 48.3 cm³/mol. The molecule has 1 unspecified atom stereocenters. The van der Waals surface area contributed by atoms with E-state index >= 15 is 0 Å². The Morgan fingerprint density at radius 1 is 1.73 bits per heavy atom. The molecule has 0 fully saturated rings. The Morgan fingerprint density at radius 2 is 2.45 bits per heavy atom. The zero-order chi connectivity index (χ0) is 8.27. The van der Waals surface area contributed by atoms with Crippen molar-refractivity contribution in [3.8, 4) is 0 Å². The lowest BCUT2D eigenvalue weighted by molar-refractivity contribution is 0.980. The standard InChI is InChI=1S/C5H7N4S2/c6-5(7)9-4(10)3-1-11-2-8-3/h1-2,4H,(H4,6,7,9). The van der Waals surface area contributed by atoms with E-state index in [0.717, 1.165) is 5.69 Å². The number of guanidine groups is 1. The molecule has 1 radical (unpaired) electrons. The average molecular weight is 187 g/mol. The fourth-order valence-electron chi connectivity index (χ4n) is 0.545. The second-order valence-corrected chi connectivity index (χ2v) is 2.98. The van der Waals surface area contributed by atoms with Crippen LogP contribution in [0.1, 0.15) is 11.1 Å². The maximum atomic E-state index is 5.14. The first-order valence-electron chi connectivity index (χ1n) is 2.83. The monoisotopic (exact) mass is 187 g/mol. The summed E-state index contributed by atoms with van der Waals surface area (Å²) in [5, 5.41) is 1.37. The Morgan fingerprint density at radius 3 is 2.91 bits per heavy atom. The molecule has 0 saturated heterocycles. The highest BCUT2D eigenvalue weighted by molar-refractivity contribution is 7.80. The number of thiazole rings is 1. The Balaban J connectivity index is 2.71. The summed E-state index contributed by atoms with van der Waals surface area (Å²) < 4.78 is 0. The molecule has 0 aliphatic carbocycles. The van der Waals surface area contributed by atoms with Crippen LogP contribution in [0.15, 0.2) is 15.9 Å². The van der Waals surface area contributed by atoms with E-state index in [2.05, 4.69) is 9.98 Å². The molecule has 0 bridgehead atoms. The molecular weight excluding hydrogens is 180 g/mol. The second-order valence-electron chi connectivity index (χ2n) is 1.82. The van der Waals surface area contributed by atoms with Crippen LogP contribution < -0.4 is 11.5 Å². The van der Waals surface area contributed by atoms with Gasteiger partial charge in [0, 0.05) is 5.38 Å². The number of aliphatic imine (C=N–C) groups is 1. The van der Waals surface area contributed by atoms with Gasteiger partial charge in [-0.05, 0) is 0 Å². The van der Waals surface area contributed by atoms with Gasteiger partial charge in [-0.1, -0.05) is 12.6 Å². The second kappa shape index (κ2) is 3.59. The first kappa shape index (κ1) is 8.35. The van der Waals surface area contributed by atoms with E-state index in [9.17, 15) is 0 Å². The zero-order valence-electron chi connectivity index (χ0n) is 5.60. The molecular formula is C5H7N4S2. The molecule has 1 rings (SSSR count). The number of hydrogen-bond acceptors (Lipinski definition) is 3. The first-order valence-corrected chi connectivity index (χ1v) is 4.24. The van der Waals surface area contributed by atoms with Crippen LogP contribution in [0.2, 0.25) is 0 Å². The molecule has 4 N–H and O–H groups in total. The maximum absolute atomic E-state index is 5.14. The number of rotatable bonds is 2. The van der Waals surface area contributed by atoms with Crippen LogP contribution in [0.5, 0.6) is 0 Å². The minimum atomic E-state index is -0.453. The quantitative estimate of drug-likeness (QED) is 0.526.